The Morgan fingerprint density at radius 1 is 1.24 bits per heavy atom. The number of carbonyl (C=O) groups excluding carboxylic acids is 1. The second kappa shape index (κ2) is 5.42. The summed E-state index contributed by atoms with van der Waals surface area (Å²) >= 11 is 0. The second-order valence-electron chi connectivity index (χ2n) is 6.05. The van der Waals surface area contributed by atoms with Crippen molar-refractivity contribution < 1.29 is 23.2 Å². The summed E-state index contributed by atoms with van der Waals surface area (Å²) in [7, 11) is -0.652. The van der Waals surface area contributed by atoms with E-state index in [1.165, 1.54) is 12.1 Å². The van der Waals surface area contributed by atoms with Gasteiger partial charge in [-0.1, -0.05) is 6.07 Å². The first-order valence-corrected chi connectivity index (χ1v) is 7.00. The SMILES string of the molecule is CCOC(=O)c1ccc(B2OC(C)(C)C(C)(C)O2)cc1F. The average Bonchev–Trinajstić information content (AvgIpc) is 2.58. The lowest BCUT2D eigenvalue weighted by molar-refractivity contribution is 0.00578. The highest BCUT2D eigenvalue weighted by Gasteiger charge is 2.51. The molecule has 0 atom stereocenters. The van der Waals surface area contributed by atoms with Gasteiger partial charge in [0.05, 0.1) is 23.4 Å². The van der Waals surface area contributed by atoms with Crippen LogP contribution in [0.3, 0.4) is 0 Å². The first-order chi connectivity index (χ1) is 9.68. The van der Waals surface area contributed by atoms with E-state index in [0.29, 0.717) is 5.46 Å². The summed E-state index contributed by atoms with van der Waals surface area (Å²) in [6.07, 6.45) is 0. The van der Waals surface area contributed by atoms with Gasteiger partial charge in [-0.15, -0.1) is 0 Å². The Kier molecular flexibility index (Phi) is 4.13. The van der Waals surface area contributed by atoms with Crippen molar-refractivity contribution >= 4 is 18.6 Å². The maximum Gasteiger partial charge on any atom is 0.494 e. The molecule has 4 nitrogen and oxygen atoms in total. The number of esters is 1. The molecular formula is C15H20BFO4. The highest BCUT2D eigenvalue weighted by Crippen LogP contribution is 2.36. The zero-order valence-corrected chi connectivity index (χ0v) is 13.0. The van der Waals surface area contributed by atoms with Crippen LogP contribution >= 0.6 is 0 Å². The van der Waals surface area contributed by atoms with Gasteiger partial charge in [-0.3, -0.25) is 0 Å². The number of hydrogen-bond donors (Lipinski definition) is 0. The van der Waals surface area contributed by atoms with Crippen molar-refractivity contribution in [1.29, 1.82) is 0 Å². The predicted octanol–water partition coefficient (Wildman–Crippen LogP) is 2.30. The van der Waals surface area contributed by atoms with Gasteiger partial charge in [-0.05, 0) is 52.2 Å². The largest absolute Gasteiger partial charge is 0.494 e. The van der Waals surface area contributed by atoms with Crippen molar-refractivity contribution in [3.05, 3.63) is 29.6 Å². The van der Waals surface area contributed by atoms with E-state index in [2.05, 4.69) is 0 Å². The lowest BCUT2D eigenvalue weighted by Gasteiger charge is -2.32. The summed E-state index contributed by atoms with van der Waals surface area (Å²) in [4.78, 5) is 11.6. The van der Waals surface area contributed by atoms with Crippen LogP contribution in [0.1, 0.15) is 45.0 Å². The quantitative estimate of drug-likeness (QED) is 0.634. The first kappa shape index (κ1) is 16.0. The van der Waals surface area contributed by atoms with Crippen molar-refractivity contribution in [3.63, 3.8) is 0 Å². The van der Waals surface area contributed by atoms with Gasteiger partial charge in [-0.2, -0.15) is 0 Å². The van der Waals surface area contributed by atoms with Gasteiger partial charge in [-0.25, -0.2) is 9.18 Å². The highest BCUT2D eigenvalue weighted by atomic mass is 19.1. The van der Waals surface area contributed by atoms with E-state index in [4.69, 9.17) is 14.0 Å². The molecule has 1 aliphatic rings. The van der Waals surface area contributed by atoms with Crippen LogP contribution in [0.25, 0.3) is 0 Å². The molecule has 1 fully saturated rings. The fraction of sp³-hybridized carbons (Fsp3) is 0.533. The number of hydrogen-bond acceptors (Lipinski definition) is 4. The maximum atomic E-state index is 14.1. The third-order valence-electron chi connectivity index (χ3n) is 4.01. The molecule has 1 heterocycles. The summed E-state index contributed by atoms with van der Waals surface area (Å²) in [5.74, 6) is -1.31. The number of benzene rings is 1. The summed E-state index contributed by atoms with van der Waals surface area (Å²) in [6, 6.07) is 4.28. The summed E-state index contributed by atoms with van der Waals surface area (Å²) in [5.41, 5.74) is -0.529. The van der Waals surface area contributed by atoms with Crippen LogP contribution in [-0.4, -0.2) is 30.9 Å². The molecular weight excluding hydrogens is 274 g/mol. The lowest BCUT2D eigenvalue weighted by Crippen LogP contribution is -2.41. The molecule has 21 heavy (non-hydrogen) atoms. The first-order valence-electron chi connectivity index (χ1n) is 7.00. The van der Waals surface area contributed by atoms with Crippen LogP contribution in [0.15, 0.2) is 18.2 Å². The molecule has 0 unspecified atom stereocenters. The predicted molar refractivity (Wildman–Crippen MR) is 78.1 cm³/mol. The van der Waals surface area contributed by atoms with Crippen LogP contribution in [0.4, 0.5) is 4.39 Å². The average molecular weight is 294 g/mol. The Morgan fingerprint density at radius 2 is 1.81 bits per heavy atom. The van der Waals surface area contributed by atoms with E-state index in [1.807, 2.05) is 27.7 Å². The van der Waals surface area contributed by atoms with Gasteiger partial charge in [0.15, 0.2) is 0 Å². The fourth-order valence-corrected chi connectivity index (χ4v) is 2.03. The second-order valence-corrected chi connectivity index (χ2v) is 6.05. The minimum atomic E-state index is -0.671. The van der Waals surface area contributed by atoms with Gasteiger partial charge >= 0.3 is 13.1 Å². The van der Waals surface area contributed by atoms with Crippen LogP contribution in [0.2, 0.25) is 0 Å². The zero-order chi connectivity index (χ0) is 15.8. The molecule has 0 aliphatic carbocycles. The van der Waals surface area contributed by atoms with Crippen molar-refractivity contribution in [1.82, 2.24) is 0 Å². The van der Waals surface area contributed by atoms with Gasteiger partial charge < -0.3 is 14.0 Å². The Balaban J connectivity index is 2.24. The fourth-order valence-electron chi connectivity index (χ4n) is 2.03. The van der Waals surface area contributed by atoms with Crippen molar-refractivity contribution in [2.45, 2.75) is 45.8 Å². The molecule has 0 amide bonds. The number of rotatable bonds is 3. The molecule has 1 aromatic carbocycles. The lowest BCUT2D eigenvalue weighted by atomic mass is 9.78. The monoisotopic (exact) mass is 294 g/mol. The van der Waals surface area contributed by atoms with Gasteiger partial charge in [0.1, 0.15) is 5.82 Å². The summed E-state index contributed by atoms with van der Waals surface area (Å²) in [5, 5.41) is 0. The Bertz CT molecular complexity index is 541. The summed E-state index contributed by atoms with van der Waals surface area (Å²) < 4.78 is 30.5. The van der Waals surface area contributed by atoms with Crippen molar-refractivity contribution in [3.8, 4) is 0 Å². The van der Waals surface area contributed by atoms with E-state index in [9.17, 15) is 9.18 Å². The Hall–Kier alpha value is -1.40. The smallest absolute Gasteiger partial charge is 0.462 e. The van der Waals surface area contributed by atoms with E-state index in [1.54, 1.807) is 13.0 Å². The van der Waals surface area contributed by atoms with E-state index in [0.717, 1.165) is 0 Å². The molecule has 2 rings (SSSR count). The van der Waals surface area contributed by atoms with Gasteiger partial charge in [0, 0.05) is 0 Å². The Labute approximate surface area is 124 Å². The van der Waals surface area contributed by atoms with Crippen molar-refractivity contribution in [2.24, 2.45) is 0 Å². The third kappa shape index (κ3) is 2.96. The molecule has 1 aliphatic heterocycles. The topological polar surface area (TPSA) is 44.8 Å². The van der Waals surface area contributed by atoms with Gasteiger partial charge in [0.25, 0.3) is 0 Å². The van der Waals surface area contributed by atoms with Crippen LogP contribution in [0.5, 0.6) is 0 Å². The maximum absolute atomic E-state index is 14.1. The van der Waals surface area contributed by atoms with E-state index >= 15 is 0 Å². The number of carbonyl (C=O) groups is 1. The van der Waals surface area contributed by atoms with E-state index in [-0.39, 0.29) is 12.2 Å². The van der Waals surface area contributed by atoms with E-state index < -0.39 is 30.1 Å². The highest BCUT2D eigenvalue weighted by molar-refractivity contribution is 6.62. The molecule has 0 spiro atoms. The molecule has 0 aromatic heterocycles. The minimum absolute atomic E-state index is 0.0860. The van der Waals surface area contributed by atoms with Crippen LogP contribution in [0, 0.1) is 5.82 Å². The van der Waals surface area contributed by atoms with Crippen LogP contribution in [-0.2, 0) is 14.0 Å². The number of halogens is 1. The molecule has 0 bridgehead atoms. The van der Waals surface area contributed by atoms with Crippen LogP contribution < -0.4 is 5.46 Å². The Morgan fingerprint density at radius 3 is 2.29 bits per heavy atom. The van der Waals surface area contributed by atoms with Gasteiger partial charge in [0.2, 0.25) is 0 Å². The molecule has 6 heteroatoms. The van der Waals surface area contributed by atoms with Crippen molar-refractivity contribution in [2.75, 3.05) is 6.61 Å². The minimum Gasteiger partial charge on any atom is -0.462 e. The molecule has 0 saturated carbocycles. The standard InChI is InChI=1S/C15H20BFO4/c1-6-19-13(18)11-8-7-10(9-12(11)17)16-20-14(2,3)15(4,5)21-16/h7-9H,6H2,1-5H3. The molecule has 0 N–H and O–H groups in total. The number of ether oxygens (including phenoxy) is 1. The molecule has 1 aromatic rings. The molecule has 1 saturated heterocycles. The third-order valence-corrected chi connectivity index (χ3v) is 4.01. The zero-order valence-electron chi connectivity index (χ0n) is 13.0. The molecule has 0 radical (unpaired) electrons. The normalized spacial score (nSPS) is 19.6. The molecule has 114 valence electrons. The summed E-state index contributed by atoms with van der Waals surface area (Å²) in [6.45, 7) is 9.59.